The van der Waals surface area contributed by atoms with E-state index in [-0.39, 0.29) is 17.1 Å². The maximum Gasteiger partial charge on any atom is 2.00 e. The molecular weight excluding hydrogens is 664 g/mol. The number of para-hydroxylation sites is 8. The van der Waals surface area contributed by atoms with Crippen molar-refractivity contribution in [2.45, 2.75) is 65.2 Å². The molecule has 9 heteroatoms. The summed E-state index contributed by atoms with van der Waals surface area (Å²) in [6.45, 7) is 4.39. The van der Waals surface area contributed by atoms with Gasteiger partial charge in [-0.15, -0.1) is 0 Å². The summed E-state index contributed by atoms with van der Waals surface area (Å²) < 4.78 is 23.9. The Morgan fingerprint density at radius 1 is 0.531 bits per heavy atom. The predicted octanol–water partition coefficient (Wildman–Crippen LogP) is 12.3. The van der Waals surface area contributed by atoms with Crippen molar-refractivity contribution < 1.29 is 35.4 Å². The third-order valence-corrected chi connectivity index (χ3v) is 8.27. The topological polar surface area (TPSA) is 98.7 Å². The molecule has 8 rings (SSSR count). The Hall–Kier alpha value is -4.98. The van der Waals surface area contributed by atoms with E-state index in [9.17, 15) is 0 Å². The number of aromatic nitrogens is 2. The van der Waals surface area contributed by atoms with Crippen LogP contribution in [-0.4, -0.2) is 9.97 Å². The largest absolute Gasteiger partial charge is 2.00 e. The molecule has 49 heavy (non-hydrogen) atoms. The van der Waals surface area contributed by atoms with Crippen LogP contribution in [0.25, 0.3) is 44.0 Å². The minimum absolute atomic E-state index is 0. The summed E-state index contributed by atoms with van der Waals surface area (Å²) in [5, 5.41) is 9.27. The Bertz CT molecular complexity index is 1830. The zero-order valence-electron chi connectivity index (χ0n) is 27.6. The molecule has 0 fully saturated rings. The van der Waals surface area contributed by atoms with Crippen LogP contribution < -0.4 is 9.47 Å². The number of benzene rings is 4. The van der Waals surface area contributed by atoms with Gasteiger partial charge in [0, 0.05) is 22.9 Å². The summed E-state index contributed by atoms with van der Waals surface area (Å²) in [6, 6.07) is 31.2. The van der Waals surface area contributed by atoms with Gasteiger partial charge in [-0.05, 0) is 62.1 Å². The first-order valence-corrected chi connectivity index (χ1v) is 16.9. The van der Waals surface area contributed by atoms with Gasteiger partial charge in [0.05, 0.1) is 0 Å². The molecule has 4 aromatic carbocycles. The van der Waals surface area contributed by atoms with E-state index in [2.05, 4.69) is 34.4 Å². The molecule has 2 aliphatic rings. The molecule has 2 aliphatic heterocycles. The first-order chi connectivity index (χ1) is 23.7. The number of hydrogen-bond acceptors (Lipinski definition) is 6. The number of hydrogen-bond donors (Lipinski definition) is 0. The van der Waals surface area contributed by atoms with Crippen molar-refractivity contribution in [1.29, 1.82) is 0 Å². The van der Waals surface area contributed by atoms with Crippen LogP contribution in [0.1, 0.15) is 77.0 Å². The summed E-state index contributed by atoms with van der Waals surface area (Å²) >= 11 is 0. The fourth-order valence-corrected chi connectivity index (χ4v) is 5.72. The zero-order chi connectivity index (χ0) is 32.7. The summed E-state index contributed by atoms with van der Waals surface area (Å²) in [6.07, 6.45) is 8.43. The first kappa shape index (κ1) is 33.9. The molecule has 4 heterocycles. The second-order valence-electron chi connectivity index (χ2n) is 11.8. The second kappa shape index (κ2) is 15.9. The number of nitrogens with zero attached hydrogens (tertiary/aromatic N) is 4. The van der Waals surface area contributed by atoms with Crippen molar-refractivity contribution in [1.82, 2.24) is 9.97 Å². The molecule has 8 nitrogen and oxygen atoms in total. The van der Waals surface area contributed by atoms with Crippen molar-refractivity contribution in [3.8, 4) is 11.5 Å². The normalized spacial score (nSPS) is 14.7. The molecule has 0 N–H and O–H groups in total. The van der Waals surface area contributed by atoms with Gasteiger partial charge < -0.3 is 28.9 Å². The molecule has 0 saturated heterocycles. The van der Waals surface area contributed by atoms with Crippen LogP contribution in [-0.2, 0) is 17.1 Å². The summed E-state index contributed by atoms with van der Waals surface area (Å²) in [7, 11) is 0. The minimum atomic E-state index is 0. The van der Waals surface area contributed by atoms with E-state index >= 15 is 0 Å². The van der Waals surface area contributed by atoms with E-state index < -0.39 is 0 Å². The van der Waals surface area contributed by atoms with E-state index in [4.69, 9.17) is 18.3 Å². The number of allylic oxidation sites excluding steroid dienone is 2. The monoisotopic (exact) mass is 701 g/mol. The van der Waals surface area contributed by atoms with Crippen molar-refractivity contribution >= 4 is 44.7 Å². The van der Waals surface area contributed by atoms with Gasteiger partial charge >= 0.3 is 17.1 Å². The molecular formula is C40H38CuN4O4. The van der Waals surface area contributed by atoms with Gasteiger partial charge in [-0.1, -0.05) is 112 Å². The Morgan fingerprint density at radius 3 is 1.35 bits per heavy atom. The Balaban J connectivity index is 0.000000167. The van der Waals surface area contributed by atoms with E-state index in [1.165, 1.54) is 0 Å². The minimum Gasteiger partial charge on any atom is -0.624 e. The number of ether oxygens (including phenoxy) is 2. The average molecular weight is 702 g/mol. The Morgan fingerprint density at radius 2 is 0.939 bits per heavy atom. The molecule has 0 aliphatic carbocycles. The van der Waals surface area contributed by atoms with Crippen molar-refractivity contribution in [2.75, 3.05) is 0 Å². The third-order valence-electron chi connectivity index (χ3n) is 8.27. The third kappa shape index (κ3) is 7.69. The maximum atomic E-state index is 5.96. The van der Waals surface area contributed by atoms with Crippen LogP contribution in [0.2, 0.25) is 0 Å². The smallest absolute Gasteiger partial charge is 0.624 e. The molecule has 253 valence electrons. The fraction of sp³-hybridized carbons (Fsp3) is 0.250. The van der Waals surface area contributed by atoms with Gasteiger partial charge in [-0.3, -0.25) is 0 Å². The summed E-state index contributed by atoms with van der Waals surface area (Å²) in [5.74, 6) is 4.02. The molecule has 1 radical (unpaired) electrons. The van der Waals surface area contributed by atoms with Crippen LogP contribution >= 0.6 is 0 Å². The standard InChI is InChI=1S/2C20H19N2O2.Cu/c2*1-2-3-4-9-14(19-21-15-10-5-7-12-17(15)23-19)20-22-16-11-6-8-13-18(16)24-20;/h2*5-8,10-13H,2-4,9H2,1H3;/q2*-1;+2/b2*19-14+;. The van der Waals surface area contributed by atoms with Gasteiger partial charge in [0.25, 0.3) is 0 Å². The second-order valence-corrected chi connectivity index (χ2v) is 11.8. The van der Waals surface area contributed by atoms with Gasteiger partial charge in [-0.25, -0.2) is 9.97 Å². The zero-order valence-corrected chi connectivity index (χ0v) is 28.6. The summed E-state index contributed by atoms with van der Waals surface area (Å²) in [5.41, 5.74) is 6.89. The van der Waals surface area contributed by atoms with E-state index in [1.807, 2.05) is 97.1 Å². The quantitative estimate of drug-likeness (QED) is 0.104. The van der Waals surface area contributed by atoms with Crippen LogP contribution in [0.5, 0.6) is 11.5 Å². The van der Waals surface area contributed by atoms with Crippen molar-refractivity contribution in [3.63, 3.8) is 0 Å². The average Bonchev–Trinajstić information content (AvgIpc) is 3.92. The molecule has 0 saturated carbocycles. The molecule has 0 spiro atoms. The van der Waals surface area contributed by atoms with Crippen LogP contribution in [0.3, 0.4) is 0 Å². The predicted molar refractivity (Wildman–Crippen MR) is 190 cm³/mol. The van der Waals surface area contributed by atoms with E-state index in [0.29, 0.717) is 23.5 Å². The molecule has 0 atom stereocenters. The SMILES string of the molecule is CCCCC/C(=C1/[N-]c2ccccc2O1)c1nc2ccccc2o1.CCCCC/C(=C1/[N-]c2ccccc2O1)c1nc2ccccc2o1.[Cu+2]. The fourth-order valence-electron chi connectivity index (χ4n) is 5.72. The molecule has 0 bridgehead atoms. The van der Waals surface area contributed by atoms with Crippen molar-refractivity contribution in [2.24, 2.45) is 0 Å². The molecule has 0 unspecified atom stereocenters. The number of rotatable bonds is 10. The molecule has 6 aromatic rings. The maximum absolute atomic E-state index is 5.96. The number of fused-ring (bicyclic) bond motifs is 4. The van der Waals surface area contributed by atoms with Crippen LogP contribution in [0.4, 0.5) is 11.4 Å². The van der Waals surface area contributed by atoms with Gasteiger partial charge in [0.15, 0.2) is 11.2 Å². The van der Waals surface area contributed by atoms with Crippen LogP contribution in [0.15, 0.2) is 118 Å². The van der Waals surface area contributed by atoms with Gasteiger partial charge in [0.2, 0.25) is 11.8 Å². The molecule has 2 aromatic heterocycles. The Labute approximate surface area is 297 Å². The summed E-state index contributed by atoms with van der Waals surface area (Å²) in [4.78, 5) is 9.27. The molecule has 0 amide bonds. The van der Waals surface area contributed by atoms with Crippen molar-refractivity contribution in [3.05, 3.63) is 131 Å². The Kier molecular flexibility index (Phi) is 11.0. The van der Waals surface area contributed by atoms with Crippen LogP contribution in [0, 0.1) is 0 Å². The first-order valence-electron chi connectivity index (χ1n) is 16.9. The number of oxazole rings is 2. The van der Waals surface area contributed by atoms with E-state index in [1.54, 1.807) is 0 Å². The number of unbranched alkanes of at least 4 members (excludes halogenated alkanes) is 4. The van der Waals surface area contributed by atoms with Gasteiger partial charge in [-0.2, -0.15) is 0 Å². The van der Waals surface area contributed by atoms with Gasteiger partial charge in [0.1, 0.15) is 22.5 Å². The van der Waals surface area contributed by atoms with E-state index in [0.717, 1.165) is 108 Å².